The fourth-order valence-corrected chi connectivity index (χ4v) is 21.7. The number of rotatable bonds is 4. The van der Waals surface area contributed by atoms with E-state index in [1.165, 1.54) is 11.1 Å². The van der Waals surface area contributed by atoms with Crippen molar-refractivity contribution in [2.45, 2.75) is 20.0 Å². The van der Waals surface area contributed by atoms with Gasteiger partial charge in [0.1, 0.15) is 0 Å². The van der Waals surface area contributed by atoms with Crippen LogP contribution in [0.2, 0.25) is 11.5 Å². The van der Waals surface area contributed by atoms with Gasteiger partial charge in [-0.2, -0.15) is 0 Å². The van der Waals surface area contributed by atoms with Crippen molar-refractivity contribution in [1.82, 2.24) is 0 Å². The standard InChI is InChI=1S/C34H28GeO3/c1-35(2)33(25-19-11-5-12-20-25)27(23-15-7-3-8-16-23)28(24-17-9-4-10-18-24)34(35,26-21-13-6-14-22-26)30-29(33)31(36)38-32(30)37/h3-22,29-30H,1-2H3/t29-,30+,33+,34-. The molecule has 4 heteroatoms. The molecular weight excluding hydrogens is 529 g/mol. The number of hydrogen-bond acceptors (Lipinski definition) is 3. The molecule has 3 heterocycles. The van der Waals surface area contributed by atoms with Crippen LogP contribution in [0.15, 0.2) is 121 Å². The van der Waals surface area contributed by atoms with Crippen molar-refractivity contribution in [2.24, 2.45) is 11.8 Å². The molecule has 4 atom stereocenters. The SMILES string of the molecule is [CH3][Ge]1([CH3])[C@]2(c3ccccc3)C(c3ccccc3)=C(c3ccccc3)[C@@]1(c1ccccc1)[C@H]1C(=O)OC(=O)[C@H]12. The van der Waals surface area contributed by atoms with Crippen molar-refractivity contribution in [2.75, 3.05) is 0 Å². The number of esters is 2. The third kappa shape index (κ3) is 2.60. The Balaban J connectivity index is 1.76. The van der Waals surface area contributed by atoms with Gasteiger partial charge in [0, 0.05) is 0 Å². The Labute approximate surface area is 225 Å². The van der Waals surface area contributed by atoms with Crippen LogP contribution in [0.25, 0.3) is 11.1 Å². The van der Waals surface area contributed by atoms with Crippen LogP contribution in [0.4, 0.5) is 0 Å². The number of cyclic esters (lactones) is 2. The normalized spacial score (nSPS) is 28.9. The van der Waals surface area contributed by atoms with Gasteiger partial charge >= 0.3 is 226 Å². The Kier molecular flexibility index (Phi) is 5.02. The Morgan fingerprint density at radius 3 is 1.18 bits per heavy atom. The quantitative estimate of drug-likeness (QED) is 0.161. The van der Waals surface area contributed by atoms with Crippen molar-refractivity contribution in [1.29, 1.82) is 0 Å². The van der Waals surface area contributed by atoms with Gasteiger partial charge < -0.3 is 0 Å². The summed E-state index contributed by atoms with van der Waals surface area (Å²) in [6, 6.07) is 41.9. The topological polar surface area (TPSA) is 43.4 Å². The first-order valence-electron chi connectivity index (χ1n) is 13.2. The van der Waals surface area contributed by atoms with Crippen LogP contribution in [0.3, 0.4) is 0 Å². The third-order valence-corrected chi connectivity index (χ3v) is 21.4. The average Bonchev–Trinajstić information content (AvgIpc) is 3.44. The summed E-state index contributed by atoms with van der Waals surface area (Å²) in [7, 11) is 0. The molecule has 2 bridgehead atoms. The summed E-state index contributed by atoms with van der Waals surface area (Å²) in [5, 5.41) is 0. The van der Waals surface area contributed by atoms with Crippen LogP contribution in [0.1, 0.15) is 22.3 Å². The summed E-state index contributed by atoms with van der Waals surface area (Å²) in [5.41, 5.74) is 6.84. The number of carbonyl (C=O) groups excluding carboxylic acids is 2. The Hall–Kier alpha value is -3.70. The van der Waals surface area contributed by atoms with Gasteiger partial charge in [-0.1, -0.05) is 0 Å². The number of benzene rings is 4. The first-order valence-corrected chi connectivity index (χ1v) is 19.5. The minimum atomic E-state index is -3.43. The summed E-state index contributed by atoms with van der Waals surface area (Å²) in [6.45, 7) is 0. The maximum absolute atomic E-state index is 13.9. The van der Waals surface area contributed by atoms with Crippen LogP contribution in [-0.2, 0) is 22.8 Å². The van der Waals surface area contributed by atoms with Crippen molar-refractivity contribution >= 4 is 36.4 Å². The van der Waals surface area contributed by atoms with Gasteiger partial charge in [-0.15, -0.1) is 0 Å². The van der Waals surface area contributed by atoms with Gasteiger partial charge in [0.2, 0.25) is 0 Å². The Morgan fingerprint density at radius 2 is 0.842 bits per heavy atom. The van der Waals surface area contributed by atoms with E-state index in [0.717, 1.165) is 22.3 Å². The van der Waals surface area contributed by atoms with Gasteiger partial charge in [-0.05, 0) is 0 Å². The molecule has 0 unspecified atom stereocenters. The van der Waals surface area contributed by atoms with Crippen LogP contribution in [0.5, 0.6) is 0 Å². The first kappa shape index (κ1) is 23.4. The van der Waals surface area contributed by atoms with Crippen LogP contribution in [-0.4, -0.2) is 25.2 Å². The Morgan fingerprint density at radius 1 is 0.526 bits per heavy atom. The van der Waals surface area contributed by atoms with Gasteiger partial charge in [-0.25, -0.2) is 0 Å². The fraction of sp³-hybridized carbons (Fsp3) is 0.176. The van der Waals surface area contributed by atoms with Crippen molar-refractivity contribution in [3.05, 3.63) is 144 Å². The molecule has 4 aromatic rings. The molecule has 2 saturated heterocycles. The van der Waals surface area contributed by atoms with E-state index in [9.17, 15) is 9.59 Å². The monoisotopic (exact) mass is 558 g/mol. The van der Waals surface area contributed by atoms with Gasteiger partial charge in [0.15, 0.2) is 0 Å². The zero-order valence-corrected chi connectivity index (χ0v) is 23.5. The van der Waals surface area contributed by atoms with E-state index in [2.05, 4.69) is 109 Å². The molecule has 0 saturated carbocycles. The molecule has 7 rings (SSSR count). The molecule has 186 valence electrons. The molecular formula is C34H28GeO3. The zero-order chi connectivity index (χ0) is 26.1. The number of allylic oxidation sites excluding steroid dienone is 2. The predicted octanol–water partition coefficient (Wildman–Crippen LogP) is 6.60. The number of carbonyl (C=O) groups is 2. The second kappa shape index (κ2) is 8.15. The van der Waals surface area contributed by atoms with E-state index in [1.807, 2.05) is 24.3 Å². The molecule has 0 amide bonds. The second-order valence-electron chi connectivity index (χ2n) is 11.2. The summed E-state index contributed by atoms with van der Waals surface area (Å²) in [4.78, 5) is 27.8. The van der Waals surface area contributed by atoms with Gasteiger partial charge in [0.05, 0.1) is 0 Å². The second-order valence-corrected chi connectivity index (χ2v) is 21.3. The van der Waals surface area contributed by atoms with Crippen LogP contribution >= 0.6 is 0 Å². The van der Waals surface area contributed by atoms with E-state index in [0.29, 0.717) is 0 Å². The molecule has 3 nitrogen and oxygen atoms in total. The minimum absolute atomic E-state index is 0.374. The van der Waals surface area contributed by atoms with Crippen molar-refractivity contribution in [3.63, 3.8) is 0 Å². The van der Waals surface area contributed by atoms with Gasteiger partial charge in [0.25, 0.3) is 0 Å². The summed E-state index contributed by atoms with van der Waals surface area (Å²) in [6.07, 6.45) is 0. The number of fused-ring (bicyclic) bond motifs is 5. The van der Waals surface area contributed by atoms with E-state index >= 15 is 0 Å². The van der Waals surface area contributed by atoms with Crippen molar-refractivity contribution in [3.8, 4) is 0 Å². The zero-order valence-electron chi connectivity index (χ0n) is 21.4. The maximum atomic E-state index is 13.9. The molecule has 4 aromatic carbocycles. The average molecular weight is 557 g/mol. The molecule has 3 aliphatic heterocycles. The van der Waals surface area contributed by atoms with Crippen LogP contribution in [0, 0.1) is 11.8 Å². The summed E-state index contributed by atoms with van der Waals surface area (Å²) >= 11 is -3.43. The molecule has 0 aromatic heterocycles. The fourth-order valence-electron chi connectivity index (χ4n) is 8.50. The third-order valence-electron chi connectivity index (χ3n) is 9.57. The van der Waals surface area contributed by atoms with E-state index < -0.39 is 33.6 Å². The summed E-state index contributed by atoms with van der Waals surface area (Å²) < 4.78 is 4.36. The number of hydrogen-bond donors (Lipinski definition) is 0. The van der Waals surface area contributed by atoms with Crippen LogP contribution < -0.4 is 0 Å². The summed E-state index contributed by atoms with van der Waals surface area (Å²) in [5.74, 6) is 3.02. The molecule has 0 radical (unpaired) electrons. The molecule has 2 fully saturated rings. The predicted molar refractivity (Wildman–Crippen MR) is 151 cm³/mol. The molecule has 38 heavy (non-hydrogen) atoms. The van der Waals surface area contributed by atoms with E-state index in [4.69, 9.17) is 4.74 Å². The first-order chi connectivity index (χ1) is 18.5. The van der Waals surface area contributed by atoms with E-state index in [1.54, 1.807) is 0 Å². The number of ether oxygens (including phenoxy) is 1. The Bertz CT molecular complexity index is 1480. The molecule has 0 aliphatic carbocycles. The van der Waals surface area contributed by atoms with Crippen molar-refractivity contribution < 1.29 is 14.3 Å². The van der Waals surface area contributed by atoms with E-state index in [-0.39, 0.29) is 11.9 Å². The molecule has 0 N–H and O–H groups in total. The molecule has 3 aliphatic rings. The van der Waals surface area contributed by atoms with Gasteiger partial charge in [-0.3, -0.25) is 0 Å². The molecule has 0 spiro atoms.